The number of benzene rings is 2. The normalized spacial score (nSPS) is 10.7. The zero-order chi connectivity index (χ0) is 20.9. The van der Waals surface area contributed by atoms with Gasteiger partial charge in [0.1, 0.15) is 0 Å². The molecule has 0 radical (unpaired) electrons. The highest BCUT2D eigenvalue weighted by atomic mass is 32.1. The zero-order valence-corrected chi connectivity index (χ0v) is 16.6. The molecule has 0 unspecified atom stereocenters. The standard InChI is InChI=1S/C21H17N5O3S/c27-18-13-23-26(17-4-2-1-3-16(17)18)11-9-19(28)24-15-7-5-14(6-8-15)20(29)25-21-22-10-12-30-21/h1-8,10,12-13H,9,11H2,(H,24,28)(H,22,25,29). The monoisotopic (exact) mass is 419 g/mol. The smallest absolute Gasteiger partial charge is 0.257 e. The summed E-state index contributed by atoms with van der Waals surface area (Å²) in [6.45, 7) is 0.334. The second-order valence-electron chi connectivity index (χ2n) is 6.42. The molecule has 30 heavy (non-hydrogen) atoms. The van der Waals surface area contributed by atoms with E-state index in [4.69, 9.17) is 0 Å². The van der Waals surface area contributed by atoms with Crippen molar-refractivity contribution in [1.82, 2.24) is 14.8 Å². The molecule has 0 saturated heterocycles. The lowest BCUT2D eigenvalue weighted by molar-refractivity contribution is -0.116. The third kappa shape index (κ3) is 4.41. The molecule has 2 heterocycles. The first-order chi connectivity index (χ1) is 14.6. The predicted molar refractivity (Wildman–Crippen MR) is 116 cm³/mol. The Hall–Kier alpha value is -3.85. The molecule has 4 aromatic rings. The number of para-hydroxylation sites is 1. The van der Waals surface area contributed by atoms with Gasteiger partial charge in [0.05, 0.1) is 18.3 Å². The van der Waals surface area contributed by atoms with Crippen molar-refractivity contribution in [1.29, 1.82) is 0 Å². The van der Waals surface area contributed by atoms with E-state index in [2.05, 4.69) is 20.7 Å². The lowest BCUT2D eigenvalue weighted by atomic mass is 10.2. The van der Waals surface area contributed by atoms with E-state index in [0.29, 0.717) is 33.8 Å². The minimum Gasteiger partial charge on any atom is -0.326 e. The number of hydrogen-bond donors (Lipinski definition) is 2. The largest absolute Gasteiger partial charge is 0.326 e. The van der Waals surface area contributed by atoms with E-state index >= 15 is 0 Å². The van der Waals surface area contributed by atoms with Crippen LogP contribution in [0.15, 0.2) is 71.1 Å². The fourth-order valence-electron chi connectivity index (χ4n) is 2.93. The fraction of sp³-hybridized carbons (Fsp3) is 0.0952. The van der Waals surface area contributed by atoms with Crippen molar-refractivity contribution in [2.24, 2.45) is 0 Å². The van der Waals surface area contributed by atoms with Crippen molar-refractivity contribution in [3.8, 4) is 0 Å². The van der Waals surface area contributed by atoms with Gasteiger partial charge in [-0.2, -0.15) is 5.10 Å². The molecule has 0 saturated carbocycles. The van der Waals surface area contributed by atoms with Crippen molar-refractivity contribution in [2.75, 3.05) is 10.6 Å². The van der Waals surface area contributed by atoms with E-state index in [0.717, 1.165) is 0 Å². The molecule has 0 spiro atoms. The van der Waals surface area contributed by atoms with Crippen molar-refractivity contribution in [3.63, 3.8) is 0 Å². The van der Waals surface area contributed by atoms with Crippen LogP contribution in [0.1, 0.15) is 16.8 Å². The third-order valence-corrected chi connectivity index (χ3v) is 5.08. The van der Waals surface area contributed by atoms with E-state index < -0.39 is 0 Å². The number of aryl methyl sites for hydroxylation is 1. The Kier molecular flexibility index (Phi) is 5.62. The van der Waals surface area contributed by atoms with Crippen LogP contribution in [0, 0.1) is 0 Å². The molecule has 9 heteroatoms. The second kappa shape index (κ2) is 8.66. The van der Waals surface area contributed by atoms with Gasteiger partial charge in [0.15, 0.2) is 5.13 Å². The van der Waals surface area contributed by atoms with Crippen LogP contribution in [-0.4, -0.2) is 26.6 Å². The average molecular weight is 419 g/mol. The SMILES string of the molecule is O=C(CCn1ncc(=O)c2ccccc21)Nc1ccc(C(=O)Nc2nccs2)cc1. The van der Waals surface area contributed by atoms with Gasteiger partial charge in [-0.25, -0.2) is 4.98 Å². The maximum atomic E-state index is 12.3. The molecule has 0 bridgehead atoms. The van der Waals surface area contributed by atoms with Gasteiger partial charge in [-0.1, -0.05) is 12.1 Å². The minimum absolute atomic E-state index is 0.148. The number of thiazole rings is 1. The average Bonchev–Trinajstić information content (AvgIpc) is 3.27. The number of carbonyl (C=O) groups is 2. The minimum atomic E-state index is -0.265. The number of nitrogens with one attached hydrogen (secondary N) is 2. The number of aromatic nitrogens is 3. The number of carbonyl (C=O) groups excluding carboxylic acids is 2. The van der Waals surface area contributed by atoms with Crippen molar-refractivity contribution in [3.05, 3.63) is 82.1 Å². The molecule has 0 aliphatic rings. The summed E-state index contributed by atoms with van der Waals surface area (Å²) in [6, 6.07) is 13.8. The molecule has 2 amide bonds. The predicted octanol–water partition coefficient (Wildman–Crippen LogP) is 3.13. The van der Waals surface area contributed by atoms with Crippen LogP contribution in [0.25, 0.3) is 10.9 Å². The van der Waals surface area contributed by atoms with Gasteiger partial charge in [0, 0.05) is 34.6 Å². The van der Waals surface area contributed by atoms with Gasteiger partial charge in [0.25, 0.3) is 5.91 Å². The van der Waals surface area contributed by atoms with Gasteiger partial charge in [-0.15, -0.1) is 11.3 Å². The molecule has 0 aliphatic carbocycles. The zero-order valence-electron chi connectivity index (χ0n) is 15.7. The van der Waals surface area contributed by atoms with Crippen LogP contribution < -0.4 is 16.1 Å². The second-order valence-corrected chi connectivity index (χ2v) is 7.31. The molecule has 0 fully saturated rings. The van der Waals surface area contributed by atoms with Gasteiger partial charge >= 0.3 is 0 Å². The molecule has 0 atom stereocenters. The molecule has 2 aromatic heterocycles. The molecule has 4 rings (SSSR count). The van der Waals surface area contributed by atoms with Gasteiger partial charge < -0.3 is 5.32 Å². The summed E-state index contributed by atoms with van der Waals surface area (Å²) in [4.78, 5) is 40.4. The molecule has 2 N–H and O–H groups in total. The number of rotatable bonds is 6. The van der Waals surface area contributed by atoms with Crippen LogP contribution >= 0.6 is 11.3 Å². The number of hydrogen-bond acceptors (Lipinski definition) is 6. The van der Waals surface area contributed by atoms with E-state index in [-0.39, 0.29) is 23.7 Å². The Bertz CT molecular complexity index is 1250. The molecular formula is C21H17N5O3S. The van der Waals surface area contributed by atoms with E-state index in [9.17, 15) is 14.4 Å². The summed E-state index contributed by atoms with van der Waals surface area (Å²) in [7, 11) is 0. The number of nitrogens with zero attached hydrogens (tertiary/aromatic N) is 3. The Balaban J connectivity index is 1.36. The molecule has 8 nitrogen and oxygen atoms in total. The van der Waals surface area contributed by atoms with E-state index in [1.807, 2.05) is 6.07 Å². The number of amides is 2. The molecule has 2 aromatic carbocycles. The van der Waals surface area contributed by atoms with Crippen LogP contribution in [0.3, 0.4) is 0 Å². The third-order valence-electron chi connectivity index (χ3n) is 4.40. The quantitative estimate of drug-likeness (QED) is 0.499. The Morgan fingerprint density at radius 1 is 1.03 bits per heavy atom. The summed E-state index contributed by atoms with van der Waals surface area (Å²) in [5.74, 6) is -0.460. The topological polar surface area (TPSA) is 106 Å². The van der Waals surface area contributed by atoms with Crippen molar-refractivity contribution < 1.29 is 9.59 Å². The van der Waals surface area contributed by atoms with Crippen LogP contribution in [0.5, 0.6) is 0 Å². The lowest BCUT2D eigenvalue weighted by Gasteiger charge is -2.10. The summed E-state index contributed by atoms with van der Waals surface area (Å²) in [5.41, 5.74) is 1.59. The molecule has 0 aliphatic heterocycles. The van der Waals surface area contributed by atoms with Crippen LogP contribution in [0.4, 0.5) is 10.8 Å². The highest BCUT2D eigenvalue weighted by Gasteiger charge is 2.09. The van der Waals surface area contributed by atoms with Gasteiger partial charge in [-0.05, 0) is 36.4 Å². The Morgan fingerprint density at radius 2 is 1.83 bits per heavy atom. The summed E-state index contributed by atoms with van der Waals surface area (Å²) < 4.78 is 1.64. The van der Waals surface area contributed by atoms with E-state index in [1.165, 1.54) is 17.5 Å². The summed E-state index contributed by atoms with van der Waals surface area (Å²) in [6.07, 6.45) is 3.06. The Labute approximate surface area is 175 Å². The fourth-order valence-corrected chi connectivity index (χ4v) is 3.45. The van der Waals surface area contributed by atoms with Crippen molar-refractivity contribution in [2.45, 2.75) is 13.0 Å². The molecular weight excluding hydrogens is 402 g/mol. The van der Waals surface area contributed by atoms with Gasteiger partial charge in [0.2, 0.25) is 11.3 Å². The summed E-state index contributed by atoms with van der Waals surface area (Å²) in [5, 5.41) is 12.5. The van der Waals surface area contributed by atoms with Crippen LogP contribution in [-0.2, 0) is 11.3 Å². The first-order valence-corrected chi connectivity index (χ1v) is 10.0. The first kappa shape index (κ1) is 19.5. The highest BCUT2D eigenvalue weighted by Crippen LogP contribution is 2.15. The van der Waals surface area contributed by atoms with Crippen molar-refractivity contribution >= 4 is 44.9 Å². The van der Waals surface area contributed by atoms with Crippen LogP contribution in [0.2, 0.25) is 0 Å². The number of anilines is 2. The highest BCUT2D eigenvalue weighted by molar-refractivity contribution is 7.13. The lowest BCUT2D eigenvalue weighted by Crippen LogP contribution is -2.18. The molecule has 150 valence electrons. The first-order valence-electron chi connectivity index (χ1n) is 9.16. The maximum absolute atomic E-state index is 12.3. The Morgan fingerprint density at radius 3 is 2.60 bits per heavy atom. The van der Waals surface area contributed by atoms with Gasteiger partial charge in [-0.3, -0.25) is 24.4 Å². The summed E-state index contributed by atoms with van der Waals surface area (Å²) >= 11 is 1.34. The van der Waals surface area contributed by atoms with E-state index in [1.54, 1.807) is 58.7 Å². The maximum Gasteiger partial charge on any atom is 0.257 e. The number of fused-ring (bicyclic) bond motifs is 1.